The first kappa shape index (κ1) is 32.2. The van der Waals surface area contributed by atoms with Gasteiger partial charge in [-0.05, 0) is 48.9 Å². The molecule has 1 amide bonds. The number of rotatable bonds is 7. The van der Waals surface area contributed by atoms with Gasteiger partial charge in [0.2, 0.25) is 17.7 Å². The molecule has 9 rings (SSSR count). The molecule has 2 N–H and O–H groups in total. The van der Waals surface area contributed by atoms with Gasteiger partial charge in [0, 0.05) is 90.0 Å². The first-order valence-electron chi connectivity index (χ1n) is 17.4. The molecule has 2 aliphatic carbocycles. The largest absolute Gasteiger partial charge is 0.481 e. The van der Waals surface area contributed by atoms with E-state index in [0.717, 1.165) is 90.1 Å². The SMILES string of the molecule is COc1nc(-c2cccc(-c3cccc(-c4cc5c(c(OC)n4)[C@H](N4CC6(CNC(=O)C6)C4)CC5)c3Cl)c2Cl)cc2c1[C@H](N1CC(O)C1)CC2. The Morgan fingerprint density at radius 2 is 1.30 bits per heavy atom. The van der Waals surface area contributed by atoms with E-state index < -0.39 is 0 Å². The van der Waals surface area contributed by atoms with Crippen molar-refractivity contribution < 1.29 is 19.4 Å². The average molecular weight is 713 g/mol. The number of hydrogen-bond donors (Lipinski definition) is 2. The average Bonchev–Trinajstić information content (AvgIpc) is 3.82. The molecule has 3 aliphatic heterocycles. The first-order chi connectivity index (χ1) is 24.3. The number of aliphatic hydroxyl groups is 1. The Bertz CT molecular complexity index is 2040. The van der Waals surface area contributed by atoms with E-state index in [1.165, 1.54) is 11.1 Å². The summed E-state index contributed by atoms with van der Waals surface area (Å²) in [6.07, 6.45) is 4.16. The van der Waals surface area contributed by atoms with Crippen molar-refractivity contribution in [1.29, 1.82) is 0 Å². The van der Waals surface area contributed by atoms with Crippen LogP contribution in [0.5, 0.6) is 11.8 Å². The molecule has 50 heavy (non-hydrogen) atoms. The van der Waals surface area contributed by atoms with Crippen LogP contribution in [0.3, 0.4) is 0 Å². The van der Waals surface area contributed by atoms with Crippen LogP contribution in [-0.2, 0) is 17.6 Å². The molecule has 0 unspecified atom stereocenters. The molecular weight excluding hydrogens is 673 g/mol. The van der Waals surface area contributed by atoms with E-state index in [2.05, 4.69) is 27.2 Å². The Labute approximate surface area is 301 Å². The van der Waals surface area contributed by atoms with Gasteiger partial charge in [-0.15, -0.1) is 0 Å². The van der Waals surface area contributed by atoms with Crippen LogP contribution in [0.25, 0.3) is 33.6 Å². The van der Waals surface area contributed by atoms with Gasteiger partial charge in [-0.3, -0.25) is 14.6 Å². The van der Waals surface area contributed by atoms with Crippen molar-refractivity contribution in [1.82, 2.24) is 25.1 Å². The van der Waals surface area contributed by atoms with E-state index in [4.69, 9.17) is 42.6 Å². The second kappa shape index (κ2) is 12.2. The third kappa shape index (κ3) is 5.12. The number of aryl methyl sites for hydroxylation is 2. The number of hydrogen-bond acceptors (Lipinski definition) is 8. The summed E-state index contributed by atoms with van der Waals surface area (Å²) < 4.78 is 11.8. The van der Waals surface area contributed by atoms with Crippen molar-refractivity contribution in [2.75, 3.05) is 46.9 Å². The van der Waals surface area contributed by atoms with Gasteiger partial charge in [0.25, 0.3) is 0 Å². The zero-order valence-electron chi connectivity index (χ0n) is 28.1. The smallest absolute Gasteiger partial charge is 0.220 e. The zero-order valence-corrected chi connectivity index (χ0v) is 29.7. The summed E-state index contributed by atoms with van der Waals surface area (Å²) >= 11 is 14.5. The maximum absolute atomic E-state index is 11.9. The highest BCUT2D eigenvalue weighted by Gasteiger charge is 2.51. The van der Waals surface area contributed by atoms with Gasteiger partial charge in [-0.1, -0.05) is 59.6 Å². The Morgan fingerprint density at radius 1 is 0.800 bits per heavy atom. The lowest BCUT2D eigenvalue weighted by Gasteiger charge is -2.50. The number of nitrogens with zero attached hydrogens (tertiary/aromatic N) is 4. The fraction of sp³-hybridized carbons (Fsp3) is 0.410. The predicted molar refractivity (Wildman–Crippen MR) is 193 cm³/mol. The quantitative estimate of drug-likeness (QED) is 0.231. The van der Waals surface area contributed by atoms with E-state index in [1.54, 1.807) is 14.2 Å². The minimum Gasteiger partial charge on any atom is -0.481 e. The number of aliphatic hydroxyl groups excluding tert-OH is 1. The third-order valence-corrected chi connectivity index (χ3v) is 12.3. The van der Waals surface area contributed by atoms with E-state index >= 15 is 0 Å². The number of carbonyl (C=O) groups is 1. The molecule has 11 heteroatoms. The first-order valence-corrected chi connectivity index (χ1v) is 18.2. The van der Waals surface area contributed by atoms with Crippen molar-refractivity contribution in [2.45, 2.75) is 50.3 Å². The minimum atomic E-state index is -0.260. The lowest BCUT2D eigenvalue weighted by atomic mass is 9.77. The van der Waals surface area contributed by atoms with Gasteiger partial charge >= 0.3 is 0 Å². The van der Waals surface area contributed by atoms with Gasteiger partial charge in [-0.2, -0.15) is 0 Å². The van der Waals surface area contributed by atoms with Crippen molar-refractivity contribution in [3.05, 3.63) is 80.8 Å². The molecule has 258 valence electrons. The monoisotopic (exact) mass is 711 g/mol. The highest BCUT2D eigenvalue weighted by molar-refractivity contribution is 6.39. The van der Waals surface area contributed by atoms with Crippen LogP contribution in [-0.4, -0.2) is 83.8 Å². The fourth-order valence-electron chi connectivity index (χ4n) is 9.11. The molecule has 0 bridgehead atoms. The van der Waals surface area contributed by atoms with Crippen molar-refractivity contribution in [3.8, 4) is 45.4 Å². The van der Waals surface area contributed by atoms with E-state index in [-0.39, 0.29) is 29.5 Å². The van der Waals surface area contributed by atoms with Crippen molar-refractivity contribution in [3.63, 3.8) is 0 Å². The van der Waals surface area contributed by atoms with Crippen LogP contribution >= 0.6 is 23.2 Å². The third-order valence-electron chi connectivity index (χ3n) is 11.5. The second-order valence-corrected chi connectivity index (χ2v) is 15.3. The predicted octanol–water partition coefficient (Wildman–Crippen LogP) is 6.27. The summed E-state index contributed by atoms with van der Waals surface area (Å²) in [6, 6.07) is 16.7. The number of carbonyl (C=O) groups excluding carboxylic acids is 1. The fourth-order valence-corrected chi connectivity index (χ4v) is 9.76. The zero-order chi connectivity index (χ0) is 34.3. The highest BCUT2D eigenvalue weighted by Crippen LogP contribution is 2.50. The maximum Gasteiger partial charge on any atom is 0.220 e. The molecule has 1 spiro atoms. The molecule has 2 aromatic heterocycles. The number of β-amino-alcohol motifs (C(OH)–C–C–N with tert-alkyl or cyclic N) is 1. The highest BCUT2D eigenvalue weighted by atomic mass is 35.5. The molecule has 3 fully saturated rings. The Balaban J connectivity index is 1.03. The van der Waals surface area contributed by atoms with Gasteiger partial charge in [-0.25, -0.2) is 9.97 Å². The number of methoxy groups -OCH3 is 2. The standard InChI is InChI=1S/C39H39Cl2N5O4/c1-49-37-33-21(9-11-30(33)45-16-23(47)17-45)13-28(43-37)26-7-3-5-24(35(26)40)25-6-4-8-27(36(25)41)29-14-22-10-12-31(34(22)38(44-29)50-2)46-19-39(20-46)15-32(48)42-18-39/h3-8,13-14,23,30-31,47H,9-12,15-20H2,1-2H3,(H,42,48)/t30-,31-/m1/s1. The summed E-state index contributed by atoms with van der Waals surface area (Å²) in [5.41, 5.74) is 9.53. The van der Waals surface area contributed by atoms with Crippen molar-refractivity contribution >= 4 is 29.1 Å². The maximum atomic E-state index is 11.9. The van der Waals surface area contributed by atoms with Gasteiger partial charge in [0.05, 0.1) is 41.8 Å². The number of nitrogens with one attached hydrogen (secondary N) is 1. The van der Waals surface area contributed by atoms with E-state index in [0.29, 0.717) is 41.3 Å². The van der Waals surface area contributed by atoms with Gasteiger partial charge < -0.3 is 19.9 Å². The number of likely N-dealkylation sites (tertiary alicyclic amines) is 2. The second-order valence-electron chi connectivity index (χ2n) is 14.6. The van der Waals surface area contributed by atoms with E-state index in [9.17, 15) is 9.90 Å². The Kier molecular flexibility index (Phi) is 7.86. The summed E-state index contributed by atoms with van der Waals surface area (Å²) in [5, 5.41) is 14.0. The molecule has 5 heterocycles. The van der Waals surface area contributed by atoms with Crippen LogP contribution in [0.2, 0.25) is 10.0 Å². The van der Waals surface area contributed by atoms with Crippen LogP contribution in [0.1, 0.15) is 53.6 Å². The number of fused-ring (bicyclic) bond motifs is 2. The molecular formula is C39H39Cl2N5O4. The molecule has 2 atom stereocenters. The lowest BCUT2D eigenvalue weighted by Crippen LogP contribution is -2.58. The number of aromatic nitrogens is 2. The van der Waals surface area contributed by atoms with Gasteiger partial charge in [0.15, 0.2) is 0 Å². The summed E-state index contributed by atoms with van der Waals surface area (Å²) in [4.78, 5) is 26.7. The van der Waals surface area contributed by atoms with Gasteiger partial charge in [0.1, 0.15) is 0 Å². The summed E-state index contributed by atoms with van der Waals surface area (Å²) in [6.45, 7) is 3.94. The number of amides is 1. The topological polar surface area (TPSA) is 100 Å². The molecule has 9 nitrogen and oxygen atoms in total. The number of pyridine rings is 2. The molecule has 2 aromatic carbocycles. The molecule has 5 aliphatic rings. The minimum absolute atomic E-state index is 0.0673. The van der Waals surface area contributed by atoms with Crippen molar-refractivity contribution in [2.24, 2.45) is 5.41 Å². The molecule has 0 saturated carbocycles. The molecule has 0 radical (unpaired) electrons. The number of ether oxygens (including phenoxy) is 2. The number of halogens is 2. The summed E-state index contributed by atoms with van der Waals surface area (Å²) in [7, 11) is 3.34. The Morgan fingerprint density at radius 3 is 1.76 bits per heavy atom. The van der Waals surface area contributed by atoms with Crippen LogP contribution < -0.4 is 14.8 Å². The summed E-state index contributed by atoms with van der Waals surface area (Å²) in [5.74, 6) is 1.40. The van der Waals surface area contributed by atoms with Crippen LogP contribution in [0.15, 0.2) is 48.5 Å². The number of benzene rings is 2. The van der Waals surface area contributed by atoms with Crippen LogP contribution in [0.4, 0.5) is 0 Å². The normalized spacial score (nSPS) is 22.6. The van der Waals surface area contributed by atoms with Crippen LogP contribution in [0, 0.1) is 5.41 Å². The molecule has 4 aromatic rings. The lowest BCUT2D eigenvalue weighted by molar-refractivity contribution is -0.121. The van der Waals surface area contributed by atoms with E-state index in [1.807, 2.05) is 36.4 Å². The molecule has 3 saturated heterocycles. The Hall–Kier alpha value is -3.73.